The highest BCUT2D eigenvalue weighted by Crippen LogP contribution is 2.33. The smallest absolute Gasteiger partial charge is 0.328 e. The summed E-state index contributed by atoms with van der Waals surface area (Å²) in [5.41, 5.74) is 7.72. The number of aryl methyl sites for hydroxylation is 1. The van der Waals surface area contributed by atoms with E-state index in [2.05, 4.69) is 4.99 Å². The van der Waals surface area contributed by atoms with Crippen LogP contribution in [0.1, 0.15) is 45.4 Å². The SMILES string of the molecule is COc1ccc2c(c1)n(CC1CCC(C(=O)N3CCC(C(N)=NC(C)=O)CC3)CC1)c(=O)n2C. The molecule has 9 nitrogen and oxygen atoms in total. The summed E-state index contributed by atoms with van der Waals surface area (Å²) in [6.07, 6.45) is 5.05. The van der Waals surface area contributed by atoms with Crippen molar-refractivity contribution in [2.75, 3.05) is 20.2 Å². The van der Waals surface area contributed by atoms with Gasteiger partial charge in [0.1, 0.15) is 11.6 Å². The van der Waals surface area contributed by atoms with Crippen LogP contribution in [0.15, 0.2) is 28.0 Å². The van der Waals surface area contributed by atoms with Crippen LogP contribution in [0.3, 0.4) is 0 Å². The fraction of sp³-hybridized carbons (Fsp3) is 0.600. The average Bonchev–Trinajstić information content (AvgIpc) is 3.08. The first-order valence-corrected chi connectivity index (χ1v) is 12.1. The average molecular weight is 470 g/mol. The highest BCUT2D eigenvalue weighted by Gasteiger charge is 2.32. The zero-order valence-electron chi connectivity index (χ0n) is 20.3. The molecule has 2 aromatic rings. The number of piperidine rings is 1. The van der Waals surface area contributed by atoms with E-state index >= 15 is 0 Å². The fourth-order valence-corrected chi connectivity index (χ4v) is 5.47. The van der Waals surface area contributed by atoms with Crippen LogP contribution in [-0.2, 0) is 23.2 Å². The van der Waals surface area contributed by atoms with E-state index in [0.717, 1.165) is 55.3 Å². The van der Waals surface area contributed by atoms with Gasteiger partial charge in [0.2, 0.25) is 11.8 Å². The van der Waals surface area contributed by atoms with Crippen molar-refractivity contribution in [3.8, 4) is 5.75 Å². The molecule has 0 unspecified atom stereocenters. The third-order valence-corrected chi connectivity index (χ3v) is 7.50. The minimum Gasteiger partial charge on any atom is -0.497 e. The zero-order valence-corrected chi connectivity index (χ0v) is 20.3. The lowest BCUT2D eigenvalue weighted by Gasteiger charge is -2.36. The topological polar surface area (TPSA) is 112 Å². The van der Waals surface area contributed by atoms with Crippen molar-refractivity contribution in [2.24, 2.45) is 35.5 Å². The molecular formula is C25H35N5O4. The van der Waals surface area contributed by atoms with Crippen LogP contribution < -0.4 is 16.2 Å². The summed E-state index contributed by atoms with van der Waals surface area (Å²) in [7, 11) is 3.42. The Morgan fingerprint density at radius 1 is 1.06 bits per heavy atom. The minimum absolute atomic E-state index is 0.0168. The molecule has 1 saturated heterocycles. The number of carbonyl (C=O) groups is 2. The molecule has 2 aliphatic rings. The van der Waals surface area contributed by atoms with Crippen molar-refractivity contribution >= 4 is 28.7 Å². The number of likely N-dealkylation sites (tertiary alicyclic amines) is 1. The number of hydrogen-bond acceptors (Lipinski definition) is 4. The van der Waals surface area contributed by atoms with Crippen LogP contribution in [0.4, 0.5) is 0 Å². The minimum atomic E-state index is -0.280. The lowest BCUT2D eigenvalue weighted by molar-refractivity contribution is -0.138. The van der Waals surface area contributed by atoms with Crippen molar-refractivity contribution in [1.29, 1.82) is 0 Å². The van der Waals surface area contributed by atoms with Gasteiger partial charge >= 0.3 is 5.69 Å². The largest absolute Gasteiger partial charge is 0.497 e. The highest BCUT2D eigenvalue weighted by molar-refractivity contribution is 5.94. The second kappa shape index (κ2) is 10.0. The summed E-state index contributed by atoms with van der Waals surface area (Å²) in [5.74, 6) is 1.55. The molecule has 9 heteroatoms. The summed E-state index contributed by atoms with van der Waals surface area (Å²) < 4.78 is 8.89. The summed E-state index contributed by atoms with van der Waals surface area (Å²) in [5, 5.41) is 0. The number of amidine groups is 1. The normalized spacial score (nSPS) is 22.2. The molecule has 2 heterocycles. The maximum absolute atomic E-state index is 13.1. The van der Waals surface area contributed by atoms with Crippen LogP contribution in [-0.4, -0.2) is 51.9 Å². The third-order valence-electron chi connectivity index (χ3n) is 7.50. The van der Waals surface area contributed by atoms with E-state index in [1.807, 2.05) is 27.7 Å². The molecule has 1 saturated carbocycles. The molecule has 34 heavy (non-hydrogen) atoms. The standard InChI is InChI=1S/C25H35N5O4/c1-16(31)27-23(26)18-10-12-29(13-11-18)24(32)19-6-4-17(5-7-19)15-30-22-14-20(34-3)8-9-21(22)28(2)25(30)33/h8-9,14,17-19H,4-7,10-13,15H2,1-3H3,(H2,26,27,31). The molecule has 1 aromatic heterocycles. The Morgan fingerprint density at radius 2 is 1.74 bits per heavy atom. The molecule has 184 valence electrons. The molecular weight excluding hydrogens is 434 g/mol. The third kappa shape index (κ3) is 4.88. The molecule has 2 fully saturated rings. The molecule has 2 N–H and O–H groups in total. The zero-order chi connectivity index (χ0) is 24.4. The van der Waals surface area contributed by atoms with Gasteiger partial charge in [-0.15, -0.1) is 0 Å². The lowest BCUT2D eigenvalue weighted by Crippen LogP contribution is -2.45. The van der Waals surface area contributed by atoms with E-state index in [4.69, 9.17) is 10.5 Å². The van der Waals surface area contributed by atoms with Gasteiger partial charge in [0.25, 0.3) is 0 Å². The Labute approximate surface area is 199 Å². The Kier molecular flexibility index (Phi) is 7.09. The quantitative estimate of drug-likeness (QED) is 0.533. The number of methoxy groups -OCH3 is 1. The van der Waals surface area contributed by atoms with E-state index in [1.54, 1.807) is 18.7 Å². The van der Waals surface area contributed by atoms with Crippen LogP contribution in [0.5, 0.6) is 5.75 Å². The number of rotatable bonds is 5. The molecule has 1 aliphatic heterocycles. The predicted molar refractivity (Wildman–Crippen MR) is 131 cm³/mol. The first-order chi connectivity index (χ1) is 16.3. The molecule has 0 bridgehead atoms. The molecule has 2 amide bonds. The van der Waals surface area contributed by atoms with Crippen LogP contribution >= 0.6 is 0 Å². The summed E-state index contributed by atoms with van der Waals surface area (Å²) in [6, 6.07) is 5.71. The Bertz CT molecular complexity index is 1150. The van der Waals surface area contributed by atoms with E-state index in [-0.39, 0.29) is 29.3 Å². The van der Waals surface area contributed by atoms with E-state index < -0.39 is 0 Å². The van der Waals surface area contributed by atoms with Gasteiger partial charge in [-0.05, 0) is 56.6 Å². The predicted octanol–water partition coefficient (Wildman–Crippen LogP) is 2.30. The van der Waals surface area contributed by atoms with Gasteiger partial charge in [-0.2, -0.15) is 0 Å². The number of nitrogens with two attached hydrogens (primary N) is 1. The molecule has 4 rings (SSSR count). The van der Waals surface area contributed by atoms with E-state index in [9.17, 15) is 14.4 Å². The van der Waals surface area contributed by atoms with Crippen molar-refractivity contribution in [3.05, 3.63) is 28.7 Å². The highest BCUT2D eigenvalue weighted by atomic mass is 16.5. The molecule has 0 spiro atoms. The van der Waals surface area contributed by atoms with Gasteiger partial charge in [-0.1, -0.05) is 0 Å². The summed E-state index contributed by atoms with van der Waals surface area (Å²) in [6.45, 7) is 3.37. The monoisotopic (exact) mass is 469 g/mol. The number of ether oxygens (including phenoxy) is 1. The molecule has 1 aromatic carbocycles. The summed E-state index contributed by atoms with van der Waals surface area (Å²) >= 11 is 0. The van der Waals surface area contributed by atoms with Gasteiger partial charge in [-0.25, -0.2) is 9.79 Å². The molecule has 1 aliphatic carbocycles. The molecule has 0 atom stereocenters. The number of hydrogen-bond donors (Lipinski definition) is 1. The van der Waals surface area contributed by atoms with Crippen LogP contribution in [0.25, 0.3) is 11.0 Å². The Hall–Kier alpha value is -3.10. The van der Waals surface area contributed by atoms with Crippen molar-refractivity contribution < 1.29 is 14.3 Å². The first kappa shape index (κ1) is 24.0. The second-order valence-electron chi connectivity index (χ2n) is 9.68. The number of aliphatic imine (C=N–C) groups is 1. The van der Waals surface area contributed by atoms with Crippen molar-refractivity contribution in [3.63, 3.8) is 0 Å². The van der Waals surface area contributed by atoms with Crippen molar-refractivity contribution in [1.82, 2.24) is 14.0 Å². The number of aromatic nitrogens is 2. The number of amides is 2. The number of fused-ring (bicyclic) bond motifs is 1. The van der Waals surface area contributed by atoms with Gasteiger partial charge in [0.15, 0.2) is 0 Å². The number of imidazole rings is 1. The van der Waals surface area contributed by atoms with Gasteiger partial charge in [0.05, 0.1) is 18.1 Å². The second-order valence-corrected chi connectivity index (χ2v) is 9.68. The maximum Gasteiger partial charge on any atom is 0.328 e. The van der Waals surface area contributed by atoms with Crippen LogP contribution in [0, 0.1) is 17.8 Å². The van der Waals surface area contributed by atoms with E-state index in [0.29, 0.717) is 31.4 Å². The van der Waals surface area contributed by atoms with Gasteiger partial charge < -0.3 is 15.4 Å². The number of benzene rings is 1. The number of carbonyl (C=O) groups excluding carboxylic acids is 2. The Morgan fingerprint density at radius 3 is 2.35 bits per heavy atom. The first-order valence-electron chi connectivity index (χ1n) is 12.1. The van der Waals surface area contributed by atoms with Gasteiger partial charge in [-0.3, -0.25) is 18.7 Å². The fourth-order valence-electron chi connectivity index (χ4n) is 5.47. The van der Waals surface area contributed by atoms with E-state index in [1.165, 1.54) is 6.92 Å². The Balaban J connectivity index is 1.34. The molecule has 0 radical (unpaired) electrons. The van der Waals surface area contributed by atoms with Gasteiger partial charge in [0, 0.05) is 51.5 Å². The maximum atomic E-state index is 13.1. The summed E-state index contributed by atoms with van der Waals surface area (Å²) in [4.78, 5) is 43.0. The lowest BCUT2D eigenvalue weighted by atomic mass is 9.81. The van der Waals surface area contributed by atoms with Crippen LogP contribution in [0.2, 0.25) is 0 Å². The van der Waals surface area contributed by atoms with Crippen molar-refractivity contribution in [2.45, 2.75) is 52.0 Å². The number of nitrogens with zero attached hydrogens (tertiary/aromatic N) is 4.